The first-order valence-corrected chi connectivity index (χ1v) is 8.55. The number of halogens is 3. The van der Waals surface area contributed by atoms with E-state index >= 15 is 0 Å². The molecule has 7 heteroatoms. The van der Waals surface area contributed by atoms with E-state index in [2.05, 4.69) is 15.9 Å². The number of hydrogen-bond acceptors (Lipinski definition) is 2. The van der Waals surface area contributed by atoms with Crippen molar-refractivity contribution in [1.82, 2.24) is 4.31 Å². The predicted molar refractivity (Wildman–Crippen MR) is 76.8 cm³/mol. The zero-order valence-corrected chi connectivity index (χ0v) is 13.4. The Morgan fingerprint density at radius 1 is 1.39 bits per heavy atom. The molecule has 0 bridgehead atoms. The van der Waals surface area contributed by atoms with Gasteiger partial charge in [0.25, 0.3) is 0 Å². The van der Waals surface area contributed by atoms with Gasteiger partial charge in [0.1, 0.15) is 4.90 Å². The van der Waals surface area contributed by atoms with Crippen LogP contribution < -0.4 is 0 Å². The van der Waals surface area contributed by atoms with Crippen LogP contribution in [0.25, 0.3) is 0 Å². The van der Waals surface area contributed by atoms with Crippen LogP contribution in [0, 0.1) is 0 Å². The average Bonchev–Trinajstić information content (AvgIpc) is 2.28. The first-order chi connectivity index (χ1) is 8.41. The summed E-state index contributed by atoms with van der Waals surface area (Å²) in [6.07, 6.45) is 1.63. The number of sulfonamides is 1. The third kappa shape index (κ3) is 3.02. The second-order valence-corrected chi connectivity index (χ2v) is 8.02. The van der Waals surface area contributed by atoms with Gasteiger partial charge in [-0.3, -0.25) is 0 Å². The number of benzene rings is 1. The fourth-order valence-corrected chi connectivity index (χ4v) is 4.87. The highest BCUT2D eigenvalue weighted by Gasteiger charge is 2.30. The highest BCUT2D eigenvalue weighted by atomic mass is 79.9. The van der Waals surface area contributed by atoms with Crippen molar-refractivity contribution in [2.45, 2.75) is 23.1 Å². The van der Waals surface area contributed by atoms with E-state index < -0.39 is 10.0 Å². The molecule has 1 aromatic rings. The molecule has 0 N–H and O–H groups in total. The molecule has 2 rings (SSSR count). The van der Waals surface area contributed by atoms with Crippen LogP contribution in [0.3, 0.4) is 0 Å². The van der Waals surface area contributed by atoms with Crippen LogP contribution in [0.2, 0.25) is 5.02 Å². The molecule has 1 aromatic carbocycles. The molecule has 1 fully saturated rings. The van der Waals surface area contributed by atoms with Crippen molar-refractivity contribution >= 4 is 49.2 Å². The largest absolute Gasteiger partial charge is 0.244 e. The summed E-state index contributed by atoms with van der Waals surface area (Å²) in [5, 5.41) is 0.101. The lowest BCUT2D eigenvalue weighted by molar-refractivity contribution is 0.350. The van der Waals surface area contributed by atoms with Gasteiger partial charge >= 0.3 is 0 Å². The minimum absolute atomic E-state index is 0.122. The maximum Gasteiger partial charge on any atom is 0.244 e. The molecule has 1 aliphatic rings. The van der Waals surface area contributed by atoms with Gasteiger partial charge in [-0.1, -0.05) is 27.5 Å². The first-order valence-electron chi connectivity index (χ1n) is 5.50. The van der Waals surface area contributed by atoms with Crippen molar-refractivity contribution in [1.29, 1.82) is 0 Å². The third-order valence-electron chi connectivity index (χ3n) is 2.84. The molecule has 0 saturated carbocycles. The van der Waals surface area contributed by atoms with Crippen molar-refractivity contribution in [3.8, 4) is 0 Å². The molecule has 0 spiro atoms. The molecule has 0 aromatic heterocycles. The van der Waals surface area contributed by atoms with E-state index in [-0.39, 0.29) is 15.3 Å². The van der Waals surface area contributed by atoms with Crippen LogP contribution in [0.1, 0.15) is 12.8 Å². The maximum absolute atomic E-state index is 12.4. The minimum Gasteiger partial charge on any atom is -0.207 e. The van der Waals surface area contributed by atoms with Gasteiger partial charge in [0.15, 0.2) is 0 Å². The molecule has 18 heavy (non-hydrogen) atoms. The SMILES string of the molecule is O=S(=O)(c1ccc(Br)cc1Cl)N1CCCC(Cl)C1. The van der Waals surface area contributed by atoms with E-state index in [1.807, 2.05) is 0 Å². The summed E-state index contributed by atoms with van der Waals surface area (Å²) in [7, 11) is -3.55. The van der Waals surface area contributed by atoms with Gasteiger partial charge in [0.2, 0.25) is 10.0 Å². The number of nitrogens with zero attached hydrogens (tertiary/aromatic N) is 1. The van der Waals surface area contributed by atoms with E-state index in [9.17, 15) is 8.42 Å². The Morgan fingerprint density at radius 3 is 2.72 bits per heavy atom. The van der Waals surface area contributed by atoms with Gasteiger partial charge in [-0.25, -0.2) is 8.42 Å². The summed E-state index contributed by atoms with van der Waals surface area (Å²) in [6, 6.07) is 4.76. The second-order valence-electron chi connectivity index (χ2n) is 4.18. The van der Waals surface area contributed by atoms with Crippen LogP contribution in [0.5, 0.6) is 0 Å². The topological polar surface area (TPSA) is 37.4 Å². The third-order valence-corrected chi connectivity index (χ3v) is 6.04. The molecule has 1 unspecified atom stereocenters. The molecular formula is C11H12BrCl2NO2S. The minimum atomic E-state index is -3.55. The van der Waals surface area contributed by atoms with Gasteiger partial charge in [-0.05, 0) is 31.0 Å². The fourth-order valence-electron chi connectivity index (χ4n) is 1.93. The van der Waals surface area contributed by atoms with Gasteiger partial charge in [-0.15, -0.1) is 11.6 Å². The summed E-state index contributed by atoms with van der Waals surface area (Å²) in [4.78, 5) is 0.137. The Hall–Kier alpha value is 0.190. The second kappa shape index (κ2) is 5.67. The van der Waals surface area contributed by atoms with Crippen molar-refractivity contribution < 1.29 is 8.42 Å². The summed E-state index contributed by atoms with van der Waals surface area (Å²) in [6.45, 7) is 0.841. The van der Waals surface area contributed by atoms with Crippen molar-refractivity contribution in [3.63, 3.8) is 0 Å². The molecule has 100 valence electrons. The molecule has 0 aliphatic carbocycles. The van der Waals surface area contributed by atoms with Crippen molar-refractivity contribution in [2.24, 2.45) is 0 Å². The van der Waals surface area contributed by atoms with Crippen molar-refractivity contribution in [2.75, 3.05) is 13.1 Å². The lowest BCUT2D eigenvalue weighted by Crippen LogP contribution is -2.40. The van der Waals surface area contributed by atoms with E-state index in [1.165, 1.54) is 10.4 Å². The average molecular weight is 373 g/mol. The van der Waals surface area contributed by atoms with Gasteiger partial charge in [0.05, 0.1) is 5.02 Å². The molecule has 1 aliphatic heterocycles. The normalized spacial score (nSPS) is 22.1. The summed E-state index contributed by atoms with van der Waals surface area (Å²) in [5.41, 5.74) is 0. The molecule has 1 atom stereocenters. The lowest BCUT2D eigenvalue weighted by atomic mass is 10.2. The Labute approximate surface area is 125 Å². The maximum atomic E-state index is 12.4. The molecule has 0 radical (unpaired) electrons. The zero-order valence-electron chi connectivity index (χ0n) is 9.44. The first kappa shape index (κ1) is 14.6. The van der Waals surface area contributed by atoms with Gasteiger partial charge in [0, 0.05) is 22.9 Å². The number of alkyl halides is 1. The molecule has 1 saturated heterocycles. The monoisotopic (exact) mass is 371 g/mol. The number of hydrogen-bond donors (Lipinski definition) is 0. The highest BCUT2D eigenvalue weighted by Crippen LogP contribution is 2.29. The standard InChI is InChI=1S/C11H12BrCl2NO2S/c12-8-3-4-11(10(14)6-8)18(16,17)15-5-1-2-9(13)7-15/h3-4,6,9H,1-2,5,7H2. The van der Waals surface area contributed by atoms with Gasteiger partial charge < -0.3 is 0 Å². The van der Waals surface area contributed by atoms with Crippen LogP contribution in [0.15, 0.2) is 27.6 Å². The highest BCUT2D eigenvalue weighted by molar-refractivity contribution is 9.10. The lowest BCUT2D eigenvalue weighted by Gasteiger charge is -2.29. The zero-order chi connectivity index (χ0) is 13.3. The number of rotatable bonds is 2. The summed E-state index contributed by atoms with van der Waals surface area (Å²) >= 11 is 15.3. The van der Waals surface area contributed by atoms with Crippen LogP contribution >= 0.6 is 39.1 Å². The Bertz CT molecular complexity index is 550. The quantitative estimate of drug-likeness (QED) is 0.745. The van der Waals surface area contributed by atoms with Gasteiger partial charge in [-0.2, -0.15) is 4.31 Å². The van der Waals surface area contributed by atoms with E-state index in [0.717, 1.165) is 17.3 Å². The van der Waals surface area contributed by atoms with E-state index in [1.54, 1.807) is 12.1 Å². The smallest absolute Gasteiger partial charge is 0.207 e. The Balaban J connectivity index is 2.35. The Kier molecular flexibility index (Phi) is 4.60. The molecule has 1 heterocycles. The summed E-state index contributed by atoms with van der Waals surface area (Å²) in [5.74, 6) is 0. The molecular weight excluding hydrogens is 361 g/mol. The predicted octanol–water partition coefficient (Wildman–Crippen LogP) is 3.49. The van der Waals surface area contributed by atoms with Crippen molar-refractivity contribution in [3.05, 3.63) is 27.7 Å². The number of piperidine rings is 1. The summed E-state index contributed by atoms with van der Waals surface area (Å²) < 4.78 is 27.0. The van der Waals surface area contributed by atoms with Crippen LogP contribution in [0.4, 0.5) is 0 Å². The molecule has 3 nitrogen and oxygen atoms in total. The Morgan fingerprint density at radius 2 is 2.11 bits per heavy atom. The van der Waals surface area contributed by atoms with Crippen LogP contribution in [-0.4, -0.2) is 31.2 Å². The van der Waals surface area contributed by atoms with Crippen LogP contribution in [-0.2, 0) is 10.0 Å². The fraction of sp³-hybridized carbons (Fsp3) is 0.455. The molecule has 0 amide bonds. The van der Waals surface area contributed by atoms with E-state index in [0.29, 0.717) is 13.1 Å². The van der Waals surface area contributed by atoms with E-state index in [4.69, 9.17) is 23.2 Å².